The van der Waals surface area contributed by atoms with Crippen LogP contribution in [0.2, 0.25) is 0 Å². The van der Waals surface area contributed by atoms with Crippen molar-refractivity contribution in [2.24, 2.45) is 5.73 Å². The zero-order chi connectivity index (χ0) is 21.2. The van der Waals surface area contributed by atoms with Gasteiger partial charge in [-0.25, -0.2) is 9.50 Å². The van der Waals surface area contributed by atoms with E-state index in [4.69, 9.17) is 11.1 Å². The number of nitrogens with one attached hydrogen (secondary N) is 2. The predicted octanol–water partition coefficient (Wildman–Crippen LogP) is 3.29. The molecule has 0 saturated carbocycles. The maximum Gasteiger partial charge on any atom is 0.416 e. The average molecular weight is 467 g/mol. The van der Waals surface area contributed by atoms with Crippen molar-refractivity contribution in [3.63, 3.8) is 0 Å². The summed E-state index contributed by atoms with van der Waals surface area (Å²) in [5.74, 6) is -0.741. The van der Waals surface area contributed by atoms with Crippen molar-refractivity contribution >= 4 is 33.6 Å². The number of amides is 1. The average Bonchev–Trinajstić information content (AvgIpc) is 3.06. The van der Waals surface area contributed by atoms with Crippen molar-refractivity contribution in [2.75, 3.05) is 0 Å². The molecule has 4 N–H and O–H groups in total. The van der Waals surface area contributed by atoms with E-state index in [0.717, 1.165) is 18.5 Å². The molecule has 1 aromatic carbocycles. The van der Waals surface area contributed by atoms with Crippen LogP contribution in [0.3, 0.4) is 0 Å². The van der Waals surface area contributed by atoms with E-state index in [1.807, 2.05) is 0 Å². The van der Waals surface area contributed by atoms with Gasteiger partial charge in [-0.05, 0) is 33.6 Å². The summed E-state index contributed by atoms with van der Waals surface area (Å²) in [4.78, 5) is 16.0. The molecule has 0 radical (unpaired) electrons. The number of nitrogens with two attached hydrogens (primary N) is 1. The number of halogens is 4. The largest absolute Gasteiger partial charge is 0.416 e. The third kappa shape index (κ3) is 4.29. The van der Waals surface area contributed by atoms with Gasteiger partial charge in [0.1, 0.15) is 6.33 Å². The molecule has 7 nitrogen and oxygen atoms in total. The van der Waals surface area contributed by atoms with E-state index in [1.165, 1.54) is 23.0 Å². The molecule has 1 amide bonds. The van der Waals surface area contributed by atoms with Gasteiger partial charge in [0.15, 0.2) is 0 Å². The lowest BCUT2D eigenvalue weighted by Crippen LogP contribution is -2.27. The van der Waals surface area contributed by atoms with Gasteiger partial charge in [-0.15, -0.1) is 0 Å². The second-order valence-electron chi connectivity index (χ2n) is 5.92. The number of aromatic nitrogens is 3. The van der Waals surface area contributed by atoms with E-state index in [1.54, 1.807) is 12.3 Å². The summed E-state index contributed by atoms with van der Waals surface area (Å²) in [6.45, 7) is -0.380. The molecule has 0 fully saturated rings. The van der Waals surface area contributed by atoms with Crippen LogP contribution in [0.4, 0.5) is 13.2 Å². The Bertz CT molecular complexity index is 1120. The number of alkyl halides is 3. The molecule has 3 rings (SSSR count). The van der Waals surface area contributed by atoms with Crippen LogP contribution in [-0.2, 0) is 17.5 Å². The summed E-state index contributed by atoms with van der Waals surface area (Å²) in [7, 11) is 0. The summed E-state index contributed by atoms with van der Waals surface area (Å²) >= 11 is 3.31. The lowest BCUT2D eigenvalue weighted by Gasteiger charge is -2.15. The van der Waals surface area contributed by atoms with E-state index in [2.05, 4.69) is 31.3 Å². The second kappa shape index (κ2) is 8.03. The van der Waals surface area contributed by atoms with Gasteiger partial charge in [0.25, 0.3) is 5.91 Å². The van der Waals surface area contributed by atoms with Crippen LogP contribution in [0.1, 0.15) is 11.1 Å². The zero-order valence-electron chi connectivity index (χ0n) is 14.7. The minimum absolute atomic E-state index is 0.127. The van der Waals surface area contributed by atoms with Gasteiger partial charge >= 0.3 is 6.18 Å². The van der Waals surface area contributed by atoms with Gasteiger partial charge < -0.3 is 16.5 Å². The number of benzene rings is 1. The van der Waals surface area contributed by atoms with E-state index in [9.17, 15) is 18.0 Å². The van der Waals surface area contributed by atoms with Gasteiger partial charge in [-0.1, -0.05) is 12.1 Å². The topological polar surface area (TPSA) is 109 Å². The van der Waals surface area contributed by atoms with Crippen LogP contribution < -0.4 is 11.1 Å². The van der Waals surface area contributed by atoms with Crippen LogP contribution >= 0.6 is 15.9 Å². The molecule has 0 bridgehead atoms. The Hall–Kier alpha value is -3.21. The standard InChI is InChI=1S/C18H14BrF3N6O/c19-13-4-15-16(26-9-27-28(15)8-13)10-1-2-11(14(3-10)18(20,21)22)7-25-17(29)12(5-23)6-24/h1-6,8-9,23H,7,24H2,(H,25,29). The third-order valence-electron chi connectivity index (χ3n) is 4.10. The molecule has 0 atom stereocenters. The first-order valence-electron chi connectivity index (χ1n) is 8.14. The zero-order valence-corrected chi connectivity index (χ0v) is 16.3. The van der Waals surface area contributed by atoms with E-state index < -0.39 is 17.6 Å². The number of carbonyl (C=O) groups excluding carboxylic acids is 1. The molecule has 0 spiro atoms. The highest BCUT2D eigenvalue weighted by Crippen LogP contribution is 2.35. The van der Waals surface area contributed by atoms with Gasteiger partial charge in [0, 0.05) is 35.2 Å². The first-order valence-corrected chi connectivity index (χ1v) is 8.94. The Kier molecular flexibility index (Phi) is 5.69. The van der Waals surface area contributed by atoms with Crippen molar-refractivity contribution < 1.29 is 18.0 Å². The number of hydrogen-bond donors (Lipinski definition) is 3. The van der Waals surface area contributed by atoms with Gasteiger partial charge in [0.2, 0.25) is 0 Å². The lowest BCUT2D eigenvalue weighted by molar-refractivity contribution is -0.138. The maximum atomic E-state index is 13.7. The first kappa shape index (κ1) is 20.5. The second-order valence-corrected chi connectivity index (χ2v) is 6.83. The summed E-state index contributed by atoms with van der Waals surface area (Å²) in [6, 6.07) is 5.47. The Labute approximate surface area is 171 Å². The molecule has 150 valence electrons. The van der Waals surface area contributed by atoms with Crippen molar-refractivity contribution in [2.45, 2.75) is 12.7 Å². The molecule has 3 aromatic rings. The Morgan fingerprint density at radius 1 is 1.34 bits per heavy atom. The van der Waals surface area contributed by atoms with Crippen molar-refractivity contribution in [1.82, 2.24) is 19.9 Å². The minimum Gasteiger partial charge on any atom is -0.404 e. The monoisotopic (exact) mass is 466 g/mol. The molecule has 0 saturated heterocycles. The van der Waals surface area contributed by atoms with Crippen LogP contribution in [0.25, 0.3) is 16.8 Å². The first-order chi connectivity index (χ1) is 13.7. The fraction of sp³-hybridized carbons (Fsp3) is 0.111. The van der Waals surface area contributed by atoms with E-state index >= 15 is 0 Å². The molecular weight excluding hydrogens is 453 g/mol. The van der Waals surface area contributed by atoms with Gasteiger partial charge in [0.05, 0.1) is 22.3 Å². The predicted molar refractivity (Wildman–Crippen MR) is 104 cm³/mol. The van der Waals surface area contributed by atoms with E-state index in [-0.39, 0.29) is 23.2 Å². The number of nitrogens with zero attached hydrogens (tertiary/aromatic N) is 3. The molecule has 29 heavy (non-hydrogen) atoms. The Balaban J connectivity index is 2.00. The highest BCUT2D eigenvalue weighted by Gasteiger charge is 2.34. The van der Waals surface area contributed by atoms with Gasteiger partial charge in [-0.2, -0.15) is 18.3 Å². The highest BCUT2D eigenvalue weighted by molar-refractivity contribution is 9.10. The fourth-order valence-corrected chi connectivity index (χ4v) is 3.14. The van der Waals surface area contributed by atoms with Crippen LogP contribution in [0, 0.1) is 5.41 Å². The lowest BCUT2D eigenvalue weighted by atomic mass is 10.0. The summed E-state index contributed by atoms with van der Waals surface area (Å²) < 4.78 is 43.2. The number of fused-ring (bicyclic) bond motifs is 1. The summed E-state index contributed by atoms with van der Waals surface area (Å²) in [5.41, 5.74) is 5.17. The SMILES string of the molecule is N=CC(=CN)C(=O)NCc1ccc(-c2ncnn3cc(Br)cc23)cc1C(F)(F)F. The quantitative estimate of drug-likeness (QED) is 0.395. The normalized spacial score (nSPS) is 12.2. The summed E-state index contributed by atoms with van der Waals surface area (Å²) in [6.07, 6.45) is -0.0869. The maximum absolute atomic E-state index is 13.7. The van der Waals surface area contributed by atoms with Crippen LogP contribution in [0.5, 0.6) is 0 Å². The van der Waals surface area contributed by atoms with Crippen LogP contribution in [0.15, 0.2) is 53.0 Å². The van der Waals surface area contributed by atoms with Gasteiger partial charge in [-0.3, -0.25) is 4.79 Å². The molecular formula is C18H14BrF3N6O. The number of hydrogen-bond acceptors (Lipinski definition) is 5. The minimum atomic E-state index is -4.64. The fourth-order valence-electron chi connectivity index (χ4n) is 2.73. The van der Waals surface area contributed by atoms with Crippen molar-refractivity contribution in [3.8, 4) is 11.3 Å². The van der Waals surface area contributed by atoms with Crippen molar-refractivity contribution in [3.05, 3.63) is 64.2 Å². The van der Waals surface area contributed by atoms with Crippen LogP contribution in [-0.4, -0.2) is 26.7 Å². The molecule has 2 heterocycles. The summed E-state index contributed by atoms with van der Waals surface area (Å²) in [5, 5.41) is 13.4. The smallest absolute Gasteiger partial charge is 0.404 e. The molecule has 0 aliphatic rings. The Morgan fingerprint density at radius 3 is 2.76 bits per heavy atom. The van der Waals surface area contributed by atoms with E-state index in [0.29, 0.717) is 15.7 Å². The van der Waals surface area contributed by atoms with Crippen molar-refractivity contribution in [1.29, 1.82) is 5.41 Å². The number of rotatable bonds is 5. The number of carbonyl (C=O) groups is 1. The molecule has 11 heteroatoms. The molecule has 0 aliphatic carbocycles. The molecule has 2 aromatic heterocycles. The third-order valence-corrected chi connectivity index (χ3v) is 4.53. The Morgan fingerprint density at radius 2 is 2.10 bits per heavy atom. The molecule has 0 aliphatic heterocycles. The highest BCUT2D eigenvalue weighted by atomic mass is 79.9. The molecule has 0 unspecified atom stereocenters.